The molecule has 0 amide bonds. The Bertz CT molecular complexity index is 1360. The van der Waals surface area contributed by atoms with Crippen molar-refractivity contribution in [3.63, 3.8) is 0 Å². The second-order valence-electron chi connectivity index (χ2n) is 13.5. The van der Waals surface area contributed by atoms with E-state index >= 15 is 0 Å². The molecule has 3 rings (SSSR count). The molecule has 1 aromatic heterocycles. The zero-order chi connectivity index (χ0) is 32.3. The average molecular weight is 649 g/mol. The predicted octanol–water partition coefficient (Wildman–Crippen LogP) is 3.06. The summed E-state index contributed by atoms with van der Waals surface area (Å²) >= 11 is 0. The van der Waals surface area contributed by atoms with Crippen LogP contribution in [0.1, 0.15) is 68.7 Å². The maximum absolute atomic E-state index is 13.0. The average Bonchev–Trinajstić information content (AvgIpc) is 3.47. The van der Waals surface area contributed by atoms with Crippen molar-refractivity contribution in [3.8, 4) is 0 Å². The molecule has 2 aliphatic rings. The number of ether oxygens (including phenoxy) is 3. The fraction of sp³-hybridized carbons (Fsp3) is 0.760. The fourth-order valence-electron chi connectivity index (χ4n) is 4.18. The van der Waals surface area contributed by atoms with Crippen molar-refractivity contribution in [2.24, 2.45) is 5.73 Å². The van der Waals surface area contributed by atoms with Gasteiger partial charge in [-0.25, -0.2) is 18.5 Å². The summed E-state index contributed by atoms with van der Waals surface area (Å²) in [5, 5.41) is 8.23. The van der Waals surface area contributed by atoms with Gasteiger partial charge < -0.3 is 28.8 Å². The molecule has 0 bridgehead atoms. The number of carbonyl (C=O) groups excluding carboxylic acids is 2. The van der Waals surface area contributed by atoms with Gasteiger partial charge in [0.25, 0.3) is 10.1 Å². The van der Waals surface area contributed by atoms with Crippen LogP contribution in [0, 0.1) is 0 Å². The van der Waals surface area contributed by atoms with Gasteiger partial charge in [-0.15, -0.1) is 5.10 Å². The highest BCUT2D eigenvalue weighted by Crippen LogP contribution is 2.52. The molecule has 3 heterocycles. The van der Waals surface area contributed by atoms with Crippen molar-refractivity contribution in [1.82, 2.24) is 15.0 Å². The Kier molecular flexibility index (Phi) is 9.06. The van der Waals surface area contributed by atoms with Crippen molar-refractivity contribution in [2.45, 2.75) is 102 Å². The highest BCUT2D eigenvalue weighted by atomic mass is 32.2. The van der Waals surface area contributed by atoms with Crippen molar-refractivity contribution in [3.05, 3.63) is 22.5 Å². The van der Waals surface area contributed by atoms with E-state index in [0.717, 1.165) is 24.3 Å². The zero-order valence-electron chi connectivity index (χ0n) is 26.4. The summed E-state index contributed by atoms with van der Waals surface area (Å²) in [7, 11) is -7.15. The van der Waals surface area contributed by atoms with Gasteiger partial charge in [-0.2, -0.15) is 8.42 Å². The Morgan fingerprint density at radius 2 is 1.57 bits per heavy atom. The first kappa shape index (κ1) is 34.3. The summed E-state index contributed by atoms with van der Waals surface area (Å²) in [5.41, 5.74) is 3.66. The van der Waals surface area contributed by atoms with Gasteiger partial charge in [0.05, 0.1) is 31.9 Å². The molecule has 1 saturated heterocycles. The topological polar surface area (TPSA) is 180 Å². The quantitative estimate of drug-likeness (QED) is 0.247. The molecule has 4 atom stereocenters. The molecular weight excluding hydrogens is 605 g/mol. The third-order valence-electron chi connectivity index (χ3n) is 8.76. The van der Waals surface area contributed by atoms with E-state index in [1.807, 2.05) is 47.0 Å². The van der Waals surface area contributed by atoms with Crippen LogP contribution < -0.4 is 5.73 Å². The van der Waals surface area contributed by atoms with E-state index < -0.39 is 68.4 Å². The van der Waals surface area contributed by atoms with Gasteiger partial charge in [0.2, 0.25) is 5.69 Å². The summed E-state index contributed by atoms with van der Waals surface area (Å²) < 4.78 is 62.2. The molecule has 42 heavy (non-hydrogen) atoms. The smallest absolute Gasteiger partial charge is 0.361 e. The molecule has 2 aliphatic heterocycles. The number of hydrogen-bond donors (Lipinski definition) is 1. The van der Waals surface area contributed by atoms with E-state index in [-0.39, 0.29) is 28.1 Å². The summed E-state index contributed by atoms with van der Waals surface area (Å²) in [5.74, 6) is -1.89. The lowest BCUT2D eigenvalue weighted by molar-refractivity contribution is -0.0606. The Morgan fingerprint density at radius 1 is 1.02 bits per heavy atom. The number of esters is 2. The van der Waals surface area contributed by atoms with Gasteiger partial charge in [-0.3, -0.25) is 0 Å². The van der Waals surface area contributed by atoms with E-state index in [1.165, 1.54) is 0 Å². The summed E-state index contributed by atoms with van der Waals surface area (Å²) in [4.78, 5) is 25.5. The van der Waals surface area contributed by atoms with E-state index in [4.69, 9.17) is 33.0 Å². The highest BCUT2D eigenvalue weighted by molar-refractivity contribution is 7.90. The Hall–Kier alpha value is -2.16. The van der Waals surface area contributed by atoms with Gasteiger partial charge in [-0.1, -0.05) is 46.8 Å². The van der Waals surface area contributed by atoms with Gasteiger partial charge in [0, 0.05) is 0 Å². The number of methoxy groups -OCH3 is 2. The highest BCUT2D eigenvalue weighted by Gasteiger charge is 2.68. The predicted molar refractivity (Wildman–Crippen MR) is 157 cm³/mol. The minimum Gasteiger partial charge on any atom is -0.464 e. The third kappa shape index (κ3) is 5.96. The lowest BCUT2D eigenvalue weighted by Gasteiger charge is -2.43. The second kappa shape index (κ2) is 11.1. The van der Waals surface area contributed by atoms with E-state index in [0.29, 0.717) is 0 Å². The number of aromatic nitrogens is 3. The van der Waals surface area contributed by atoms with Gasteiger partial charge in [0.15, 0.2) is 34.2 Å². The summed E-state index contributed by atoms with van der Waals surface area (Å²) in [6.45, 7) is 20.1. The Morgan fingerprint density at radius 3 is 2.02 bits per heavy atom. The molecule has 0 aliphatic carbocycles. The van der Waals surface area contributed by atoms with Crippen molar-refractivity contribution in [2.75, 3.05) is 20.8 Å². The van der Waals surface area contributed by atoms with Crippen LogP contribution in [0.5, 0.6) is 0 Å². The third-order valence-corrected chi connectivity index (χ3v) is 18.8. The molecule has 0 aromatic carbocycles. The van der Waals surface area contributed by atoms with Crippen LogP contribution in [0.15, 0.2) is 11.1 Å². The maximum Gasteiger partial charge on any atom is 0.361 e. The first-order chi connectivity index (χ1) is 19.0. The van der Waals surface area contributed by atoms with E-state index in [1.54, 1.807) is 0 Å². The minimum atomic E-state index is -4.26. The van der Waals surface area contributed by atoms with Crippen molar-refractivity contribution < 1.29 is 45.3 Å². The summed E-state index contributed by atoms with van der Waals surface area (Å²) in [6.07, 6.45) is -3.74. The van der Waals surface area contributed by atoms with Gasteiger partial charge >= 0.3 is 11.9 Å². The van der Waals surface area contributed by atoms with Gasteiger partial charge in [0.1, 0.15) is 12.2 Å². The monoisotopic (exact) mass is 648 g/mol. The fourth-order valence-corrected chi connectivity index (χ4v) is 7.69. The van der Waals surface area contributed by atoms with Crippen molar-refractivity contribution in [1.29, 1.82) is 0 Å². The summed E-state index contributed by atoms with van der Waals surface area (Å²) in [6, 6.07) is 0. The lowest BCUT2D eigenvalue weighted by Crippen LogP contribution is -2.59. The molecule has 14 nitrogen and oxygen atoms in total. The number of nitrogens with zero attached hydrogens (tertiary/aromatic N) is 3. The zero-order valence-corrected chi connectivity index (χ0v) is 29.2. The van der Waals surface area contributed by atoms with Crippen LogP contribution in [0.25, 0.3) is 0 Å². The van der Waals surface area contributed by atoms with E-state index in [2.05, 4.69) is 31.1 Å². The molecule has 4 unspecified atom stereocenters. The molecular formula is C25H44N4O10SSi2. The maximum atomic E-state index is 13.0. The van der Waals surface area contributed by atoms with Crippen molar-refractivity contribution >= 4 is 38.7 Å². The first-order valence-electron chi connectivity index (χ1n) is 13.5. The molecule has 1 fully saturated rings. The molecule has 0 radical (unpaired) electrons. The van der Waals surface area contributed by atoms with Crippen LogP contribution in [0.3, 0.4) is 0 Å². The largest absolute Gasteiger partial charge is 0.464 e. The standard InChI is InChI=1S/C25H44N4O10SSi2/c1-23(2,3)41(9,10)36-13-16-25(15(26)14-40(32,33)39-25)19(38-42(11,12)24(4,5)6)20(37-16)29-18(22(31)35-8)17(27-28-29)21(30)34-7/h14,16,19-20H,13,26H2,1-12H3. The molecule has 1 aromatic rings. The molecule has 17 heteroatoms. The molecule has 0 saturated carbocycles. The number of carbonyl (C=O) groups is 2. The molecule has 1 spiro atoms. The number of hydrogen-bond acceptors (Lipinski definition) is 13. The number of nitrogens with two attached hydrogens (primary N) is 1. The van der Waals surface area contributed by atoms with Gasteiger partial charge in [-0.05, 0) is 36.3 Å². The second-order valence-corrected chi connectivity index (χ2v) is 24.5. The van der Waals surface area contributed by atoms with E-state index in [9.17, 15) is 18.0 Å². The first-order valence-corrected chi connectivity index (χ1v) is 20.8. The lowest BCUT2D eigenvalue weighted by atomic mass is 9.89. The Balaban J connectivity index is 2.29. The van der Waals surface area contributed by atoms with Crippen LogP contribution in [-0.4, -0.2) is 90.6 Å². The van der Waals surface area contributed by atoms with Crippen LogP contribution >= 0.6 is 0 Å². The molecule has 238 valence electrons. The normalized spacial score (nSPS) is 26.4. The van der Waals surface area contributed by atoms with Crippen LogP contribution in [-0.2, 0) is 37.4 Å². The van der Waals surface area contributed by atoms with Crippen LogP contribution in [0.2, 0.25) is 36.3 Å². The number of rotatable bonds is 8. The molecule has 2 N–H and O–H groups in total. The van der Waals surface area contributed by atoms with Crippen LogP contribution in [0.4, 0.5) is 0 Å². The SMILES string of the molecule is COC(=O)c1nnn(C2OC(CO[Si](C)(C)C(C)(C)C)C3(OS(=O)(=O)C=C3N)C2O[Si](C)(C)C(C)(C)C)c1C(=O)OC. The minimum absolute atomic E-state index is 0.111. The Labute approximate surface area is 249 Å².